The Bertz CT molecular complexity index is 492. The van der Waals surface area contributed by atoms with Gasteiger partial charge in [-0.1, -0.05) is 92.8 Å². The molecule has 0 radical (unpaired) electrons. The lowest BCUT2D eigenvalue weighted by Crippen LogP contribution is -2.56. The Morgan fingerprint density at radius 1 is 0.700 bits per heavy atom. The number of benzene rings is 2. The van der Waals surface area contributed by atoms with Crippen molar-refractivity contribution in [3.05, 3.63) is 60.7 Å². The van der Waals surface area contributed by atoms with Crippen LogP contribution in [0.4, 0.5) is 0 Å². The van der Waals surface area contributed by atoms with Gasteiger partial charge in [0.15, 0.2) is 5.57 Å². The SMILES string of the molecule is I[Si](c1ccccc1)(c1ccccc1)C1CCCCC1. The zero-order valence-electron chi connectivity index (χ0n) is 11.8. The van der Waals surface area contributed by atoms with E-state index in [1.165, 1.54) is 32.1 Å². The summed E-state index contributed by atoms with van der Waals surface area (Å²) in [5.41, 5.74) is -0.740. The third-order valence-electron chi connectivity index (χ3n) is 4.56. The van der Waals surface area contributed by atoms with Crippen molar-refractivity contribution in [3.8, 4) is 0 Å². The van der Waals surface area contributed by atoms with Crippen LogP contribution in [0.3, 0.4) is 0 Å². The normalized spacial score (nSPS) is 17.1. The molecule has 0 unspecified atom stereocenters. The van der Waals surface area contributed by atoms with Crippen LogP contribution in [0.15, 0.2) is 60.7 Å². The summed E-state index contributed by atoms with van der Waals surface area (Å²) in [6, 6.07) is 22.6. The zero-order valence-corrected chi connectivity index (χ0v) is 14.9. The molecule has 1 aliphatic carbocycles. The van der Waals surface area contributed by atoms with Gasteiger partial charge < -0.3 is 0 Å². The summed E-state index contributed by atoms with van der Waals surface area (Å²) in [4.78, 5) is 0. The van der Waals surface area contributed by atoms with Gasteiger partial charge in [0.2, 0.25) is 0 Å². The number of hydrogen-bond acceptors (Lipinski definition) is 0. The van der Waals surface area contributed by atoms with Crippen LogP contribution >= 0.6 is 21.8 Å². The van der Waals surface area contributed by atoms with Crippen molar-refractivity contribution in [1.29, 1.82) is 0 Å². The lowest BCUT2D eigenvalue weighted by atomic mass is 10.0. The topological polar surface area (TPSA) is 0 Å². The van der Waals surface area contributed by atoms with Gasteiger partial charge in [-0.15, -0.1) is 21.8 Å². The molecule has 0 nitrogen and oxygen atoms in total. The molecule has 0 N–H and O–H groups in total. The van der Waals surface area contributed by atoms with Crippen LogP contribution < -0.4 is 10.4 Å². The van der Waals surface area contributed by atoms with Crippen LogP contribution in [0.5, 0.6) is 0 Å². The van der Waals surface area contributed by atoms with E-state index in [1.807, 2.05) is 0 Å². The number of halogens is 1. The second-order valence-electron chi connectivity index (χ2n) is 5.78. The van der Waals surface area contributed by atoms with Gasteiger partial charge in [-0.2, -0.15) is 0 Å². The molecule has 0 spiro atoms. The first kappa shape index (κ1) is 14.3. The van der Waals surface area contributed by atoms with Gasteiger partial charge >= 0.3 is 0 Å². The van der Waals surface area contributed by atoms with Crippen molar-refractivity contribution < 1.29 is 0 Å². The standard InChI is InChI=1S/C18H21ISi/c19-20(16-10-4-1-5-11-16,17-12-6-2-7-13-17)18-14-8-3-9-15-18/h1-2,4-7,10-13,18H,3,8-9,14-15H2. The van der Waals surface area contributed by atoms with E-state index in [0.29, 0.717) is 0 Å². The molecule has 104 valence electrons. The molecule has 0 atom stereocenters. The molecule has 0 amide bonds. The van der Waals surface area contributed by atoms with Crippen LogP contribution in [-0.2, 0) is 0 Å². The molecular weight excluding hydrogens is 371 g/mol. The van der Waals surface area contributed by atoms with Crippen molar-refractivity contribution in [3.63, 3.8) is 0 Å². The molecule has 1 aliphatic rings. The van der Waals surface area contributed by atoms with Crippen LogP contribution in [0, 0.1) is 0 Å². The molecule has 20 heavy (non-hydrogen) atoms. The molecule has 2 heteroatoms. The summed E-state index contributed by atoms with van der Waals surface area (Å²) < 4.78 is 0. The molecule has 3 rings (SSSR count). The molecule has 0 aromatic heterocycles. The van der Waals surface area contributed by atoms with Crippen molar-refractivity contribution in [2.75, 3.05) is 0 Å². The summed E-state index contributed by atoms with van der Waals surface area (Å²) in [7, 11) is 0. The van der Waals surface area contributed by atoms with Gasteiger partial charge in [-0.25, -0.2) is 0 Å². The Labute approximate surface area is 135 Å². The number of hydrogen-bond donors (Lipinski definition) is 0. The van der Waals surface area contributed by atoms with Gasteiger partial charge in [-0.05, 0) is 15.9 Å². The molecule has 1 saturated carbocycles. The average molecular weight is 392 g/mol. The molecule has 2 aromatic rings. The van der Waals surface area contributed by atoms with E-state index in [-0.39, 0.29) is 0 Å². The first-order chi connectivity index (χ1) is 9.82. The first-order valence-corrected chi connectivity index (χ1v) is 12.8. The minimum atomic E-state index is -1.63. The fraction of sp³-hybridized carbons (Fsp3) is 0.333. The Kier molecular flexibility index (Phi) is 4.61. The maximum Gasteiger partial charge on any atom is 0.189 e. The van der Waals surface area contributed by atoms with Gasteiger partial charge in [-0.3, -0.25) is 0 Å². The quantitative estimate of drug-likeness (QED) is 0.410. The van der Waals surface area contributed by atoms with Crippen LogP contribution in [0.25, 0.3) is 0 Å². The second kappa shape index (κ2) is 6.44. The van der Waals surface area contributed by atoms with E-state index in [0.717, 1.165) is 5.54 Å². The van der Waals surface area contributed by atoms with E-state index in [1.54, 1.807) is 10.4 Å². The van der Waals surface area contributed by atoms with Crippen LogP contribution in [-0.4, -0.2) is 5.57 Å². The Morgan fingerprint density at radius 3 is 1.60 bits per heavy atom. The molecule has 0 aliphatic heterocycles. The highest BCUT2D eigenvalue weighted by atomic mass is 127. The first-order valence-electron chi connectivity index (χ1n) is 7.62. The summed E-state index contributed by atoms with van der Waals surface area (Å²) in [5.74, 6) is 0. The highest BCUT2D eigenvalue weighted by molar-refractivity contribution is 14.1. The molecule has 0 bridgehead atoms. The summed E-state index contributed by atoms with van der Waals surface area (Å²) >= 11 is 2.86. The fourth-order valence-electron chi connectivity index (χ4n) is 3.50. The summed E-state index contributed by atoms with van der Waals surface area (Å²) in [6.07, 6.45) is 7.10. The van der Waals surface area contributed by atoms with Gasteiger partial charge in [0, 0.05) is 0 Å². The highest BCUT2D eigenvalue weighted by Gasteiger charge is 2.42. The lowest BCUT2D eigenvalue weighted by Gasteiger charge is -2.37. The number of rotatable bonds is 3. The molecule has 0 heterocycles. The molecule has 2 aromatic carbocycles. The Balaban J connectivity index is 2.07. The van der Waals surface area contributed by atoms with Crippen molar-refractivity contribution >= 4 is 37.7 Å². The third-order valence-corrected chi connectivity index (χ3v) is 15.0. The van der Waals surface area contributed by atoms with E-state index in [2.05, 4.69) is 82.5 Å². The zero-order chi connectivity index (χ0) is 13.8. The van der Waals surface area contributed by atoms with E-state index in [4.69, 9.17) is 0 Å². The van der Waals surface area contributed by atoms with Crippen LogP contribution in [0.2, 0.25) is 5.54 Å². The van der Waals surface area contributed by atoms with E-state index in [9.17, 15) is 0 Å². The average Bonchev–Trinajstić information content (AvgIpc) is 2.56. The van der Waals surface area contributed by atoms with Crippen molar-refractivity contribution in [2.45, 2.75) is 37.6 Å². The predicted molar refractivity (Wildman–Crippen MR) is 98.8 cm³/mol. The minimum absolute atomic E-state index is 0.890. The maximum atomic E-state index is 2.86. The Hall–Kier alpha value is -0.613. The Morgan fingerprint density at radius 2 is 1.15 bits per heavy atom. The van der Waals surface area contributed by atoms with Gasteiger partial charge in [0.25, 0.3) is 0 Å². The van der Waals surface area contributed by atoms with E-state index >= 15 is 0 Å². The fourth-order valence-corrected chi connectivity index (χ4v) is 11.4. The van der Waals surface area contributed by atoms with Crippen LogP contribution in [0.1, 0.15) is 32.1 Å². The lowest BCUT2D eigenvalue weighted by molar-refractivity contribution is 0.499. The van der Waals surface area contributed by atoms with Gasteiger partial charge in [0.1, 0.15) is 0 Å². The largest absolute Gasteiger partial charge is 0.189 e. The van der Waals surface area contributed by atoms with E-state index < -0.39 is 5.57 Å². The second-order valence-corrected chi connectivity index (χ2v) is 14.3. The third kappa shape index (κ3) is 2.73. The maximum absolute atomic E-state index is 2.86. The van der Waals surface area contributed by atoms with Crippen molar-refractivity contribution in [1.82, 2.24) is 0 Å². The molecular formula is C18H21ISi. The molecule has 0 saturated heterocycles. The minimum Gasteiger partial charge on any atom is -0.106 e. The summed E-state index contributed by atoms with van der Waals surface area (Å²) in [6.45, 7) is 0. The highest BCUT2D eigenvalue weighted by Crippen LogP contribution is 2.40. The predicted octanol–water partition coefficient (Wildman–Crippen LogP) is 4.52. The molecule has 1 fully saturated rings. The monoisotopic (exact) mass is 392 g/mol. The van der Waals surface area contributed by atoms with Crippen molar-refractivity contribution in [2.24, 2.45) is 0 Å². The summed E-state index contributed by atoms with van der Waals surface area (Å²) in [5, 5.41) is 3.19. The van der Waals surface area contributed by atoms with Gasteiger partial charge in [0.05, 0.1) is 0 Å². The smallest absolute Gasteiger partial charge is 0.106 e.